The van der Waals surface area contributed by atoms with Gasteiger partial charge in [0.25, 0.3) is 0 Å². The van der Waals surface area contributed by atoms with E-state index >= 15 is 0 Å². The zero-order valence-electron chi connectivity index (χ0n) is 12.6. The molecule has 0 amide bonds. The smallest absolute Gasteiger partial charge is 0.526 e. The van der Waals surface area contributed by atoms with Gasteiger partial charge in [-0.05, 0) is 35.4 Å². The van der Waals surface area contributed by atoms with E-state index in [0.29, 0.717) is 11.5 Å². The molecule has 5 heteroatoms. The minimum Gasteiger partial charge on any atom is -0.526 e. The third kappa shape index (κ3) is 6.02. The number of hydrogen-bond acceptors (Lipinski definition) is 4. The van der Waals surface area contributed by atoms with Gasteiger partial charge in [-0.2, -0.15) is 0 Å². The molecule has 0 bridgehead atoms. The topological polar surface area (TPSA) is 58.9 Å². The van der Waals surface area contributed by atoms with E-state index < -0.39 is 0 Å². The van der Waals surface area contributed by atoms with Crippen molar-refractivity contribution in [3.05, 3.63) is 71.8 Å². The first-order valence-electron chi connectivity index (χ1n) is 7.22. The summed E-state index contributed by atoms with van der Waals surface area (Å²) >= 11 is 0. The molecular formula is C18H18BO4. The van der Waals surface area contributed by atoms with Crippen molar-refractivity contribution in [2.24, 2.45) is 0 Å². The van der Waals surface area contributed by atoms with Crippen molar-refractivity contribution in [1.82, 2.24) is 0 Å². The van der Waals surface area contributed by atoms with Crippen LogP contribution in [-0.2, 0) is 0 Å². The number of rotatable bonds is 8. The summed E-state index contributed by atoms with van der Waals surface area (Å²) in [7, 11) is 1.27. The minimum absolute atomic E-state index is 0.0223. The predicted molar refractivity (Wildman–Crippen MR) is 92.1 cm³/mol. The first-order chi connectivity index (χ1) is 11.3. The lowest BCUT2D eigenvalue weighted by Crippen LogP contribution is -2.10. The van der Waals surface area contributed by atoms with E-state index in [9.17, 15) is 0 Å². The van der Waals surface area contributed by atoms with Crippen molar-refractivity contribution in [2.45, 2.75) is 0 Å². The minimum atomic E-state index is 0.0223. The van der Waals surface area contributed by atoms with E-state index in [1.54, 1.807) is 12.2 Å². The SMILES string of the molecule is OCC=Cc1ccc(O[B]Oc2ccc(C=CCO)cc2)cc1. The molecule has 2 N–H and O–H groups in total. The Balaban J connectivity index is 1.80. The zero-order chi connectivity index (χ0) is 16.3. The van der Waals surface area contributed by atoms with Crippen molar-refractivity contribution in [1.29, 1.82) is 0 Å². The van der Waals surface area contributed by atoms with Crippen molar-refractivity contribution < 1.29 is 19.5 Å². The van der Waals surface area contributed by atoms with Gasteiger partial charge in [-0.25, -0.2) is 0 Å². The zero-order valence-corrected chi connectivity index (χ0v) is 12.6. The lowest BCUT2D eigenvalue weighted by molar-refractivity contribution is 0.343. The van der Waals surface area contributed by atoms with Crippen molar-refractivity contribution >= 4 is 19.8 Å². The highest BCUT2D eigenvalue weighted by atomic mass is 16.6. The van der Waals surface area contributed by atoms with Gasteiger partial charge in [0, 0.05) is 0 Å². The summed E-state index contributed by atoms with van der Waals surface area (Å²) in [6.45, 7) is 0.0445. The Morgan fingerprint density at radius 1 is 0.696 bits per heavy atom. The molecule has 0 saturated carbocycles. The van der Waals surface area contributed by atoms with Gasteiger partial charge >= 0.3 is 7.69 Å². The fourth-order valence-corrected chi connectivity index (χ4v) is 1.83. The van der Waals surface area contributed by atoms with Crippen LogP contribution in [0.1, 0.15) is 11.1 Å². The Bertz CT molecular complexity index is 576. The molecule has 0 aromatic heterocycles. The van der Waals surface area contributed by atoms with Crippen LogP contribution >= 0.6 is 0 Å². The van der Waals surface area contributed by atoms with Gasteiger partial charge in [0.2, 0.25) is 0 Å². The maximum Gasteiger partial charge on any atom is 0.658 e. The molecule has 1 radical (unpaired) electrons. The second-order valence-electron chi connectivity index (χ2n) is 4.64. The Morgan fingerprint density at radius 3 is 1.43 bits per heavy atom. The molecule has 0 unspecified atom stereocenters. The van der Waals surface area contributed by atoms with Gasteiger partial charge in [0.1, 0.15) is 11.5 Å². The molecular weight excluding hydrogens is 291 g/mol. The summed E-state index contributed by atoms with van der Waals surface area (Å²) < 4.78 is 10.8. The van der Waals surface area contributed by atoms with Crippen LogP contribution in [0.3, 0.4) is 0 Å². The van der Waals surface area contributed by atoms with Crippen LogP contribution in [0.4, 0.5) is 0 Å². The van der Waals surface area contributed by atoms with Crippen molar-refractivity contribution in [3.8, 4) is 11.5 Å². The summed E-state index contributed by atoms with van der Waals surface area (Å²) in [5, 5.41) is 17.4. The maximum absolute atomic E-state index is 8.72. The first kappa shape index (κ1) is 16.9. The number of aliphatic hydroxyl groups is 2. The molecule has 0 atom stereocenters. The van der Waals surface area contributed by atoms with E-state index in [2.05, 4.69) is 0 Å². The van der Waals surface area contributed by atoms with E-state index in [0.717, 1.165) is 11.1 Å². The van der Waals surface area contributed by atoms with Crippen LogP contribution in [0, 0.1) is 0 Å². The molecule has 2 aromatic carbocycles. The molecule has 2 aromatic rings. The van der Waals surface area contributed by atoms with Crippen LogP contribution in [0.25, 0.3) is 12.2 Å². The number of aliphatic hydroxyl groups excluding tert-OH is 2. The Hall–Kier alpha value is -2.50. The monoisotopic (exact) mass is 309 g/mol. The van der Waals surface area contributed by atoms with Crippen LogP contribution in [0.5, 0.6) is 11.5 Å². The van der Waals surface area contributed by atoms with Gasteiger partial charge in [-0.15, -0.1) is 0 Å². The van der Waals surface area contributed by atoms with Crippen LogP contribution in [0.15, 0.2) is 60.7 Å². The van der Waals surface area contributed by atoms with Gasteiger partial charge in [0.05, 0.1) is 13.2 Å². The summed E-state index contributed by atoms with van der Waals surface area (Å²) in [4.78, 5) is 0. The quantitative estimate of drug-likeness (QED) is 0.736. The average Bonchev–Trinajstić information content (AvgIpc) is 2.60. The van der Waals surface area contributed by atoms with Gasteiger partial charge in [-0.1, -0.05) is 48.6 Å². The molecule has 0 fully saturated rings. The molecule has 0 aliphatic rings. The first-order valence-corrected chi connectivity index (χ1v) is 7.22. The largest absolute Gasteiger partial charge is 0.658 e. The summed E-state index contributed by atoms with van der Waals surface area (Å²) in [5.41, 5.74) is 1.97. The fourth-order valence-electron chi connectivity index (χ4n) is 1.83. The lowest BCUT2D eigenvalue weighted by Gasteiger charge is -2.07. The molecule has 0 heterocycles. The standard InChI is InChI=1S/C18H18BO4/c20-13-1-3-15-5-9-17(10-6-15)22-19-23-18-11-7-16(8-12-18)4-2-14-21/h1-12,20-21H,13-14H2. The summed E-state index contributed by atoms with van der Waals surface area (Å²) in [5.74, 6) is 1.32. The molecule has 4 nitrogen and oxygen atoms in total. The van der Waals surface area contributed by atoms with Gasteiger partial charge < -0.3 is 19.5 Å². The average molecular weight is 309 g/mol. The molecule has 0 aliphatic heterocycles. The molecule has 0 aliphatic carbocycles. The molecule has 0 saturated heterocycles. The predicted octanol–water partition coefficient (Wildman–Crippen LogP) is 2.69. The second-order valence-corrected chi connectivity index (χ2v) is 4.64. The fraction of sp³-hybridized carbons (Fsp3) is 0.111. The third-order valence-electron chi connectivity index (χ3n) is 2.96. The number of hydrogen-bond donors (Lipinski definition) is 2. The van der Waals surface area contributed by atoms with E-state index in [4.69, 9.17) is 19.5 Å². The Morgan fingerprint density at radius 2 is 1.09 bits per heavy atom. The van der Waals surface area contributed by atoms with Crippen molar-refractivity contribution in [3.63, 3.8) is 0 Å². The highest BCUT2D eigenvalue weighted by molar-refractivity contribution is 6.20. The lowest BCUT2D eigenvalue weighted by atomic mass is 10.2. The Kier molecular flexibility index (Phi) is 6.97. The molecule has 2 rings (SSSR count). The van der Waals surface area contributed by atoms with E-state index in [-0.39, 0.29) is 13.2 Å². The summed E-state index contributed by atoms with van der Waals surface area (Å²) in [6.07, 6.45) is 7.00. The van der Waals surface area contributed by atoms with Crippen molar-refractivity contribution in [2.75, 3.05) is 13.2 Å². The molecule has 117 valence electrons. The molecule has 23 heavy (non-hydrogen) atoms. The molecule has 0 spiro atoms. The van der Waals surface area contributed by atoms with E-state index in [1.165, 1.54) is 7.69 Å². The van der Waals surface area contributed by atoms with Gasteiger partial charge in [-0.3, -0.25) is 0 Å². The second kappa shape index (κ2) is 9.51. The maximum atomic E-state index is 8.72. The third-order valence-corrected chi connectivity index (χ3v) is 2.96. The summed E-state index contributed by atoms with van der Waals surface area (Å²) in [6, 6.07) is 14.8. The van der Waals surface area contributed by atoms with Gasteiger partial charge in [0.15, 0.2) is 0 Å². The highest BCUT2D eigenvalue weighted by Gasteiger charge is 2.01. The Labute approximate surface area is 136 Å². The normalized spacial score (nSPS) is 11.0. The number of benzene rings is 2. The van der Waals surface area contributed by atoms with Crippen LogP contribution in [-0.4, -0.2) is 31.1 Å². The highest BCUT2D eigenvalue weighted by Crippen LogP contribution is 2.15. The van der Waals surface area contributed by atoms with Crippen LogP contribution < -0.4 is 9.31 Å². The van der Waals surface area contributed by atoms with E-state index in [1.807, 2.05) is 60.7 Å². The van der Waals surface area contributed by atoms with Crippen LogP contribution in [0.2, 0.25) is 0 Å².